The molecule has 0 aliphatic carbocycles. The number of carbonyl (C=O) groups is 1. The monoisotopic (exact) mass is 184 g/mol. The summed E-state index contributed by atoms with van der Waals surface area (Å²) >= 11 is 0. The van der Waals surface area contributed by atoms with E-state index in [0.29, 0.717) is 0 Å². The van der Waals surface area contributed by atoms with Gasteiger partial charge in [0, 0.05) is 7.05 Å². The molecule has 1 unspecified atom stereocenters. The molecule has 11 heavy (non-hydrogen) atoms. The van der Waals surface area contributed by atoms with Crippen molar-refractivity contribution in [2.24, 2.45) is 0 Å². The van der Waals surface area contributed by atoms with Gasteiger partial charge in [-0.1, -0.05) is 0 Å². The molecule has 6 nitrogen and oxygen atoms in total. The summed E-state index contributed by atoms with van der Waals surface area (Å²) in [6.07, 6.45) is 0. The van der Waals surface area contributed by atoms with Crippen LogP contribution in [0.25, 0.3) is 0 Å². The zero-order chi connectivity index (χ0) is 8.20. The number of amides is 1. The smallest absolute Gasteiger partial charge is 0.349 e. The number of hydrogen-bond acceptors (Lipinski definition) is 4. The molecule has 0 saturated heterocycles. The summed E-state index contributed by atoms with van der Waals surface area (Å²) < 4.78 is 14.9. The summed E-state index contributed by atoms with van der Waals surface area (Å²) in [4.78, 5) is 19.2. The molecule has 1 atom stereocenters. The molecule has 5 N–H and O–H groups in total. The molecular weight excluding hydrogens is 171 g/mol. The second kappa shape index (κ2) is 5.26. The molecule has 0 spiro atoms. The minimum Gasteiger partial charge on any atom is -0.349 e. The maximum absolute atomic E-state index is 10.7. The fraction of sp³-hybridized carbons (Fsp3) is 0.750. The summed E-state index contributed by atoms with van der Waals surface area (Å²) in [5.41, 5.74) is -0.977. The molecular formula is C4H13N2O4P. The standard InChI is InChI=1S/C4H10NO4P.H3N/c1-3-9-10(7,8)4(6)5-2;/h3H2,1-2H3,(H,5,6)(H,7,8);1H3. The van der Waals surface area contributed by atoms with Gasteiger partial charge < -0.3 is 20.9 Å². The van der Waals surface area contributed by atoms with Crippen molar-refractivity contribution in [1.29, 1.82) is 0 Å². The van der Waals surface area contributed by atoms with Gasteiger partial charge in [-0.15, -0.1) is 0 Å². The molecule has 0 aromatic rings. The second-order valence-corrected chi connectivity index (χ2v) is 3.20. The van der Waals surface area contributed by atoms with Crippen molar-refractivity contribution in [3.8, 4) is 0 Å². The maximum atomic E-state index is 10.7. The summed E-state index contributed by atoms with van der Waals surface area (Å²) in [6, 6.07) is 0. The Morgan fingerprint density at radius 2 is 2.18 bits per heavy atom. The Balaban J connectivity index is 0. The van der Waals surface area contributed by atoms with E-state index in [4.69, 9.17) is 4.89 Å². The zero-order valence-electron chi connectivity index (χ0n) is 6.53. The van der Waals surface area contributed by atoms with Crippen molar-refractivity contribution in [3.05, 3.63) is 0 Å². The lowest BCUT2D eigenvalue weighted by atomic mass is 10.9. The molecule has 0 aliphatic rings. The molecule has 0 aromatic heterocycles. The minimum absolute atomic E-state index is 0. The normalized spacial score (nSPS) is 14.5. The van der Waals surface area contributed by atoms with Gasteiger partial charge >= 0.3 is 13.2 Å². The van der Waals surface area contributed by atoms with Gasteiger partial charge in [0.1, 0.15) is 0 Å². The summed E-state index contributed by atoms with van der Waals surface area (Å²) in [5, 5.41) is 2.01. The van der Waals surface area contributed by atoms with E-state index in [1.54, 1.807) is 0 Å². The number of hydrogen-bond donors (Lipinski definition) is 3. The van der Waals surface area contributed by atoms with Crippen LogP contribution in [-0.2, 0) is 9.09 Å². The molecule has 0 radical (unpaired) electrons. The molecule has 7 heteroatoms. The molecule has 0 bridgehead atoms. The lowest BCUT2D eigenvalue weighted by Crippen LogP contribution is -2.16. The van der Waals surface area contributed by atoms with Crippen molar-refractivity contribution < 1.29 is 18.8 Å². The topological polar surface area (TPSA) is 111 Å². The van der Waals surface area contributed by atoms with Crippen LogP contribution in [-0.4, -0.2) is 24.2 Å². The highest BCUT2D eigenvalue weighted by atomic mass is 31.2. The van der Waals surface area contributed by atoms with E-state index in [1.807, 2.05) is 5.32 Å². The molecule has 0 heterocycles. The first kappa shape index (κ1) is 13.2. The SMILES string of the molecule is CCOP(=O)(O)C(=O)NC.N. The van der Waals surface area contributed by atoms with Gasteiger partial charge in [-0.05, 0) is 6.92 Å². The van der Waals surface area contributed by atoms with Gasteiger partial charge in [0.05, 0.1) is 6.61 Å². The fourth-order valence-corrected chi connectivity index (χ4v) is 1.12. The van der Waals surface area contributed by atoms with Gasteiger partial charge in [0.25, 0.3) is 0 Å². The number of rotatable bonds is 3. The summed E-state index contributed by atoms with van der Waals surface area (Å²) in [6.45, 7) is 1.58. The summed E-state index contributed by atoms with van der Waals surface area (Å²) in [5.74, 6) is 0. The van der Waals surface area contributed by atoms with E-state index >= 15 is 0 Å². The highest BCUT2D eigenvalue weighted by Gasteiger charge is 2.28. The van der Waals surface area contributed by atoms with Crippen LogP contribution in [0.15, 0.2) is 0 Å². The van der Waals surface area contributed by atoms with E-state index in [-0.39, 0.29) is 12.8 Å². The Bertz CT molecular complexity index is 171. The minimum atomic E-state index is -4.03. The third-order valence-electron chi connectivity index (χ3n) is 0.775. The zero-order valence-corrected chi connectivity index (χ0v) is 7.43. The molecule has 0 saturated carbocycles. The number of nitrogens with one attached hydrogen (secondary N) is 1. The molecule has 0 aliphatic heterocycles. The molecule has 68 valence electrons. The molecule has 0 fully saturated rings. The molecule has 1 amide bonds. The Kier molecular flexibility index (Phi) is 6.31. The van der Waals surface area contributed by atoms with Crippen molar-refractivity contribution in [1.82, 2.24) is 11.5 Å². The van der Waals surface area contributed by atoms with Crippen molar-refractivity contribution in [2.75, 3.05) is 13.7 Å². The van der Waals surface area contributed by atoms with Crippen molar-refractivity contribution in [3.63, 3.8) is 0 Å². The van der Waals surface area contributed by atoms with Crippen LogP contribution in [0.3, 0.4) is 0 Å². The van der Waals surface area contributed by atoms with Crippen molar-refractivity contribution >= 4 is 13.2 Å². The fourth-order valence-electron chi connectivity index (χ4n) is 0.375. The average Bonchev–Trinajstić information content (AvgIpc) is 1.86. The van der Waals surface area contributed by atoms with Gasteiger partial charge in [-0.25, -0.2) is 4.57 Å². The first-order valence-corrected chi connectivity index (χ1v) is 4.32. The largest absolute Gasteiger partial charge is 0.415 e. The van der Waals surface area contributed by atoms with Gasteiger partial charge in [0.2, 0.25) is 0 Å². The van der Waals surface area contributed by atoms with Crippen LogP contribution < -0.4 is 11.5 Å². The first-order chi connectivity index (χ1) is 4.54. The third kappa shape index (κ3) is 4.10. The predicted octanol–water partition coefficient (Wildman–Crippen LogP) is 0.710. The molecule has 0 rings (SSSR count). The lowest BCUT2D eigenvalue weighted by Gasteiger charge is -2.06. The van der Waals surface area contributed by atoms with E-state index in [9.17, 15) is 9.36 Å². The van der Waals surface area contributed by atoms with Crippen LogP contribution in [0, 0.1) is 0 Å². The predicted molar refractivity (Wildman–Crippen MR) is 40.9 cm³/mol. The van der Waals surface area contributed by atoms with E-state index in [1.165, 1.54) is 14.0 Å². The van der Waals surface area contributed by atoms with E-state index < -0.39 is 13.2 Å². The Morgan fingerprint density at radius 3 is 2.45 bits per heavy atom. The highest BCUT2D eigenvalue weighted by Crippen LogP contribution is 2.41. The van der Waals surface area contributed by atoms with Crippen LogP contribution >= 0.6 is 7.60 Å². The summed E-state index contributed by atoms with van der Waals surface area (Å²) in [7, 11) is -2.77. The third-order valence-corrected chi connectivity index (χ3v) is 2.12. The lowest BCUT2D eigenvalue weighted by molar-refractivity contribution is 0.235. The van der Waals surface area contributed by atoms with E-state index in [2.05, 4.69) is 4.52 Å². The van der Waals surface area contributed by atoms with Crippen LogP contribution in [0.5, 0.6) is 0 Å². The van der Waals surface area contributed by atoms with E-state index in [0.717, 1.165) is 0 Å². The number of carbonyl (C=O) groups excluding carboxylic acids is 1. The van der Waals surface area contributed by atoms with Gasteiger partial charge in [0.15, 0.2) is 0 Å². The van der Waals surface area contributed by atoms with Gasteiger partial charge in [-0.2, -0.15) is 0 Å². The maximum Gasteiger partial charge on any atom is 0.415 e. The van der Waals surface area contributed by atoms with Crippen LogP contribution in [0.1, 0.15) is 6.92 Å². The molecule has 0 aromatic carbocycles. The van der Waals surface area contributed by atoms with Crippen LogP contribution in [0.4, 0.5) is 4.79 Å². The first-order valence-electron chi connectivity index (χ1n) is 2.74. The van der Waals surface area contributed by atoms with Crippen molar-refractivity contribution in [2.45, 2.75) is 6.92 Å². The van der Waals surface area contributed by atoms with Crippen LogP contribution in [0.2, 0.25) is 0 Å². The second-order valence-electron chi connectivity index (χ2n) is 1.49. The van der Waals surface area contributed by atoms with Gasteiger partial charge in [-0.3, -0.25) is 4.79 Å². The Labute approximate surface area is 65.1 Å². The average molecular weight is 184 g/mol. The Hall–Kier alpha value is -0.420. The Morgan fingerprint density at radius 1 is 1.73 bits per heavy atom. The highest BCUT2D eigenvalue weighted by molar-refractivity contribution is 7.70. The quantitative estimate of drug-likeness (QED) is 0.559.